The van der Waals surface area contributed by atoms with Crippen LogP contribution in [0.2, 0.25) is 0 Å². The lowest BCUT2D eigenvalue weighted by Gasteiger charge is -2.34. The lowest BCUT2D eigenvalue weighted by Crippen LogP contribution is -2.52. The second kappa shape index (κ2) is 6.80. The number of carbonyl (C=O) groups excluding carboxylic acids is 1. The molecule has 1 amide bonds. The van der Waals surface area contributed by atoms with Crippen LogP contribution in [0.15, 0.2) is 18.2 Å². The lowest BCUT2D eigenvalue weighted by atomic mass is 10.0. The molecule has 21 heavy (non-hydrogen) atoms. The molecule has 2 rings (SSSR count). The van der Waals surface area contributed by atoms with E-state index in [-0.39, 0.29) is 11.9 Å². The van der Waals surface area contributed by atoms with Gasteiger partial charge in [-0.25, -0.2) is 0 Å². The number of nitrogens with one attached hydrogen (secondary N) is 1. The summed E-state index contributed by atoms with van der Waals surface area (Å²) in [5.74, 6) is 1.50. The van der Waals surface area contributed by atoms with Gasteiger partial charge in [-0.3, -0.25) is 4.79 Å². The smallest absolute Gasteiger partial charge is 0.244 e. The molecule has 1 aliphatic heterocycles. The molecule has 1 aliphatic rings. The number of nitrogens with zero attached hydrogens (tertiary/aromatic N) is 1. The number of rotatable bonds is 5. The number of hydrogen-bond donors (Lipinski definition) is 1. The van der Waals surface area contributed by atoms with Crippen molar-refractivity contribution in [3.63, 3.8) is 0 Å². The van der Waals surface area contributed by atoms with Crippen LogP contribution >= 0.6 is 0 Å². The van der Waals surface area contributed by atoms with Crippen LogP contribution in [0.4, 0.5) is 5.69 Å². The van der Waals surface area contributed by atoms with Crippen molar-refractivity contribution >= 4 is 11.6 Å². The molecule has 1 fully saturated rings. The van der Waals surface area contributed by atoms with E-state index in [1.807, 2.05) is 23.1 Å². The van der Waals surface area contributed by atoms with Gasteiger partial charge in [0, 0.05) is 30.8 Å². The molecular formula is C16H24N2O3. The highest BCUT2D eigenvalue weighted by Crippen LogP contribution is 2.30. The summed E-state index contributed by atoms with van der Waals surface area (Å²) in [6, 6.07) is 5.73. The van der Waals surface area contributed by atoms with Crippen molar-refractivity contribution in [2.75, 3.05) is 25.7 Å². The van der Waals surface area contributed by atoms with E-state index in [2.05, 4.69) is 19.2 Å². The Morgan fingerprint density at radius 2 is 1.81 bits per heavy atom. The zero-order valence-corrected chi connectivity index (χ0v) is 13.2. The van der Waals surface area contributed by atoms with Gasteiger partial charge in [-0.1, -0.05) is 13.8 Å². The minimum Gasteiger partial charge on any atom is -0.497 e. The Hall–Kier alpha value is -1.75. The first kappa shape index (κ1) is 15.6. The molecule has 5 heteroatoms. The average molecular weight is 292 g/mol. The van der Waals surface area contributed by atoms with Crippen molar-refractivity contribution in [3.8, 4) is 11.5 Å². The second-order valence-electron chi connectivity index (χ2n) is 5.58. The average Bonchev–Trinajstić information content (AvgIpc) is 2.48. The second-order valence-corrected chi connectivity index (χ2v) is 5.58. The van der Waals surface area contributed by atoms with E-state index < -0.39 is 0 Å². The fourth-order valence-electron chi connectivity index (χ4n) is 2.64. The van der Waals surface area contributed by atoms with Gasteiger partial charge in [0.1, 0.15) is 11.5 Å². The van der Waals surface area contributed by atoms with Gasteiger partial charge >= 0.3 is 0 Å². The lowest BCUT2D eigenvalue weighted by molar-refractivity contribution is -0.121. The maximum atomic E-state index is 12.6. The number of benzene rings is 1. The number of hydrogen-bond acceptors (Lipinski definition) is 4. The van der Waals surface area contributed by atoms with Gasteiger partial charge < -0.3 is 19.7 Å². The van der Waals surface area contributed by atoms with Crippen LogP contribution in [-0.2, 0) is 4.79 Å². The summed E-state index contributed by atoms with van der Waals surface area (Å²) < 4.78 is 10.6. The number of amides is 1. The molecule has 116 valence electrons. The maximum Gasteiger partial charge on any atom is 0.244 e. The fraction of sp³-hybridized carbons (Fsp3) is 0.562. The molecule has 5 nitrogen and oxygen atoms in total. The van der Waals surface area contributed by atoms with Crippen LogP contribution in [-0.4, -0.2) is 38.8 Å². The normalized spacial score (nSPS) is 19.0. The SMILES string of the molecule is COc1cc(OC)cc(N2CCCC(NC(C)C)C2=O)c1. The fourth-order valence-corrected chi connectivity index (χ4v) is 2.64. The highest BCUT2D eigenvalue weighted by molar-refractivity contribution is 5.98. The standard InChI is InChI=1S/C16H24N2O3/c1-11(2)17-15-6-5-7-18(16(15)19)12-8-13(20-3)10-14(9-12)21-4/h8-11,15,17H,5-7H2,1-4H3. The highest BCUT2D eigenvalue weighted by Gasteiger charge is 2.30. The third kappa shape index (κ3) is 3.67. The Balaban J connectivity index is 2.25. The predicted molar refractivity (Wildman–Crippen MR) is 83.2 cm³/mol. The highest BCUT2D eigenvalue weighted by atomic mass is 16.5. The van der Waals surface area contributed by atoms with Crippen molar-refractivity contribution in [2.45, 2.75) is 38.8 Å². The summed E-state index contributed by atoms with van der Waals surface area (Å²) in [6.45, 7) is 4.84. The Morgan fingerprint density at radius 1 is 1.19 bits per heavy atom. The van der Waals surface area contributed by atoms with E-state index in [9.17, 15) is 4.79 Å². The largest absolute Gasteiger partial charge is 0.497 e. The third-order valence-corrected chi connectivity index (χ3v) is 3.62. The molecular weight excluding hydrogens is 268 g/mol. The first-order valence-corrected chi connectivity index (χ1v) is 7.35. The first-order chi connectivity index (χ1) is 10.0. The summed E-state index contributed by atoms with van der Waals surface area (Å²) in [5.41, 5.74) is 0.825. The Morgan fingerprint density at radius 3 is 2.33 bits per heavy atom. The van der Waals surface area contributed by atoms with Crippen molar-refractivity contribution in [1.29, 1.82) is 0 Å². The van der Waals surface area contributed by atoms with E-state index >= 15 is 0 Å². The topological polar surface area (TPSA) is 50.8 Å². The van der Waals surface area contributed by atoms with E-state index in [0.29, 0.717) is 17.5 Å². The van der Waals surface area contributed by atoms with Crippen molar-refractivity contribution in [1.82, 2.24) is 5.32 Å². The molecule has 0 aromatic heterocycles. The van der Waals surface area contributed by atoms with Crippen molar-refractivity contribution < 1.29 is 14.3 Å². The molecule has 0 spiro atoms. The van der Waals surface area contributed by atoms with Crippen LogP contribution in [0, 0.1) is 0 Å². The molecule has 1 atom stereocenters. The number of carbonyl (C=O) groups is 1. The van der Waals surface area contributed by atoms with Gasteiger partial charge in [-0.15, -0.1) is 0 Å². The molecule has 0 bridgehead atoms. The number of anilines is 1. The van der Waals surface area contributed by atoms with Crippen LogP contribution in [0.1, 0.15) is 26.7 Å². The molecule has 1 heterocycles. The van der Waals surface area contributed by atoms with E-state index in [1.54, 1.807) is 14.2 Å². The molecule has 0 radical (unpaired) electrons. The van der Waals surface area contributed by atoms with Crippen molar-refractivity contribution in [2.24, 2.45) is 0 Å². The molecule has 0 saturated carbocycles. The first-order valence-electron chi connectivity index (χ1n) is 7.35. The molecule has 1 unspecified atom stereocenters. The molecule has 1 aromatic carbocycles. The minimum absolute atomic E-state index is 0.115. The number of piperidine rings is 1. The summed E-state index contributed by atoms with van der Waals surface area (Å²) in [4.78, 5) is 14.5. The van der Waals surface area contributed by atoms with Gasteiger partial charge in [0.2, 0.25) is 5.91 Å². The van der Waals surface area contributed by atoms with Gasteiger partial charge in [-0.2, -0.15) is 0 Å². The Bertz CT molecular complexity index is 480. The van der Waals surface area contributed by atoms with Gasteiger partial charge in [0.15, 0.2) is 0 Å². The zero-order valence-electron chi connectivity index (χ0n) is 13.2. The van der Waals surface area contributed by atoms with Crippen LogP contribution in [0.3, 0.4) is 0 Å². The predicted octanol–water partition coefficient (Wildman–Crippen LogP) is 2.20. The third-order valence-electron chi connectivity index (χ3n) is 3.62. The summed E-state index contributed by atoms with van der Waals surface area (Å²) >= 11 is 0. The minimum atomic E-state index is -0.115. The Kier molecular flexibility index (Phi) is 5.07. The monoisotopic (exact) mass is 292 g/mol. The van der Waals surface area contributed by atoms with Crippen LogP contribution in [0.25, 0.3) is 0 Å². The van der Waals surface area contributed by atoms with Gasteiger partial charge in [0.25, 0.3) is 0 Å². The van der Waals surface area contributed by atoms with Crippen molar-refractivity contribution in [3.05, 3.63) is 18.2 Å². The zero-order chi connectivity index (χ0) is 15.4. The molecule has 1 saturated heterocycles. The molecule has 1 aromatic rings. The molecule has 1 N–H and O–H groups in total. The maximum absolute atomic E-state index is 12.6. The summed E-state index contributed by atoms with van der Waals surface area (Å²) in [6.07, 6.45) is 1.87. The van der Waals surface area contributed by atoms with Crippen LogP contribution < -0.4 is 19.7 Å². The van der Waals surface area contributed by atoms with E-state index in [1.165, 1.54) is 0 Å². The van der Waals surface area contributed by atoms with Gasteiger partial charge in [-0.05, 0) is 12.8 Å². The number of methoxy groups -OCH3 is 2. The summed E-state index contributed by atoms with van der Waals surface area (Å²) in [7, 11) is 3.22. The Labute approximate surface area is 126 Å². The van der Waals surface area contributed by atoms with E-state index in [4.69, 9.17) is 9.47 Å². The number of ether oxygens (including phenoxy) is 2. The van der Waals surface area contributed by atoms with Gasteiger partial charge in [0.05, 0.1) is 25.9 Å². The van der Waals surface area contributed by atoms with Crippen LogP contribution in [0.5, 0.6) is 11.5 Å². The summed E-state index contributed by atoms with van der Waals surface area (Å²) in [5, 5.41) is 3.33. The van der Waals surface area contributed by atoms with E-state index in [0.717, 1.165) is 25.1 Å². The quantitative estimate of drug-likeness (QED) is 0.904. The molecule has 0 aliphatic carbocycles.